The number of hydrogen-bond donors (Lipinski definition) is 5. The summed E-state index contributed by atoms with van der Waals surface area (Å²) in [6.07, 6.45) is 1.72. The third-order valence-corrected chi connectivity index (χ3v) is 6.52. The molecule has 29 heavy (non-hydrogen) atoms. The molecular formula is C16H22N6O5S2. The van der Waals surface area contributed by atoms with E-state index in [1.54, 1.807) is 16.5 Å². The van der Waals surface area contributed by atoms with Gasteiger partial charge in [0.2, 0.25) is 5.91 Å². The van der Waals surface area contributed by atoms with Crippen LogP contribution in [-0.2, 0) is 19.2 Å². The summed E-state index contributed by atoms with van der Waals surface area (Å²) in [4.78, 5) is 47.4. The van der Waals surface area contributed by atoms with Crippen molar-refractivity contribution in [3.05, 3.63) is 22.8 Å². The van der Waals surface area contributed by atoms with Gasteiger partial charge >= 0.3 is 5.97 Å². The molecule has 2 unspecified atom stereocenters. The number of β-lactam (4-membered cyclic amide) rings is 1. The Balaban J connectivity index is 1.71. The number of carboxylic acids is 1. The topological polar surface area (TPSA) is 173 Å². The third-order valence-electron chi connectivity index (χ3n) is 4.45. The minimum atomic E-state index is -1.59. The number of carbonyl (C=O) groups is 3. The van der Waals surface area contributed by atoms with E-state index >= 15 is 0 Å². The van der Waals surface area contributed by atoms with Crippen LogP contribution in [0.3, 0.4) is 0 Å². The lowest BCUT2D eigenvalue weighted by molar-refractivity contribution is -0.175. The van der Waals surface area contributed by atoms with E-state index < -0.39 is 29.6 Å². The normalized spacial score (nSPS) is 22.4. The maximum absolute atomic E-state index is 12.9. The summed E-state index contributed by atoms with van der Waals surface area (Å²) in [6.45, 7) is 3.04. The zero-order valence-corrected chi connectivity index (χ0v) is 17.4. The SMILES string of the molecule is CC(C)(ONC(C(=O)NC1C(=O)N2C=C(CN)CS[C@H]12)c1csc(N)n1)C(=O)O. The first kappa shape index (κ1) is 21.5. The Hall–Kier alpha value is -2.19. The standard InChI is InChI=1S/C16H22N6O5S2/c1-16(2,14(25)26)27-21-9(8-6-29-15(18)19-8)11(23)20-10-12(24)22-4-7(3-17)5-28-13(10)22/h4,6,9-10,13,21H,3,5,17H2,1-2H3,(H2,18,19)(H,20,23)(H,25,26)/t9?,10?,13-/m1/s1. The van der Waals surface area contributed by atoms with Gasteiger partial charge < -0.3 is 26.8 Å². The summed E-state index contributed by atoms with van der Waals surface area (Å²) >= 11 is 2.64. The number of aliphatic carboxylic acids is 1. The maximum Gasteiger partial charge on any atom is 0.337 e. The Bertz CT molecular complexity index is 857. The van der Waals surface area contributed by atoms with E-state index in [4.69, 9.17) is 16.3 Å². The molecule has 1 aromatic rings. The van der Waals surface area contributed by atoms with Gasteiger partial charge in [-0.2, -0.15) is 5.48 Å². The molecule has 1 fully saturated rings. The van der Waals surface area contributed by atoms with E-state index in [1.165, 1.54) is 25.6 Å². The summed E-state index contributed by atoms with van der Waals surface area (Å²) in [7, 11) is 0. The number of fused-ring (bicyclic) bond motifs is 1. The summed E-state index contributed by atoms with van der Waals surface area (Å²) in [5.41, 5.74) is 13.4. The van der Waals surface area contributed by atoms with E-state index in [9.17, 15) is 19.5 Å². The number of aromatic nitrogens is 1. The molecule has 11 nitrogen and oxygen atoms in total. The van der Waals surface area contributed by atoms with E-state index in [0.717, 1.165) is 16.9 Å². The number of anilines is 1. The highest BCUT2D eigenvalue weighted by molar-refractivity contribution is 8.00. The highest BCUT2D eigenvalue weighted by Gasteiger charge is 2.50. The molecule has 7 N–H and O–H groups in total. The summed E-state index contributed by atoms with van der Waals surface area (Å²) < 4.78 is 0. The number of nitrogens with two attached hydrogens (primary N) is 2. The van der Waals surface area contributed by atoms with Gasteiger partial charge in [-0.15, -0.1) is 23.1 Å². The Labute approximate surface area is 174 Å². The van der Waals surface area contributed by atoms with Crippen LogP contribution in [0.15, 0.2) is 17.2 Å². The number of amides is 2. The van der Waals surface area contributed by atoms with E-state index in [0.29, 0.717) is 12.3 Å². The second-order valence-electron chi connectivity index (χ2n) is 7.00. The van der Waals surface area contributed by atoms with Gasteiger partial charge in [0, 0.05) is 23.9 Å². The molecule has 2 aliphatic heterocycles. The van der Waals surface area contributed by atoms with Crippen molar-refractivity contribution in [1.82, 2.24) is 20.7 Å². The van der Waals surface area contributed by atoms with E-state index in [2.05, 4.69) is 15.8 Å². The molecular weight excluding hydrogens is 420 g/mol. The van der Waals surface area contributed by atoms with Crippen LogP contribution in [-0.4, -0.2) is 62.1 Å². The number of nitrogens with one attached hydrogen (secondary N) is 2. The van der Waals surface area contributed by atoms with Gasteiger partial charge in [-0.1, -0.05) is 0 Å². The molecule has 0 bridgehead atoms. The van der Waals surface area contributed by atoms with Crippen LogP contribution >= 0.6 is 23.1 Å². The number of hydroxylamine groups is 1. The Kier molecular flexibility index (Phi) is 6.14. The Morgan fingerprint density at radius 2 is 2.24 bits per heavy atom. The lowest BCUT2D eigenvalue weighted by atomic mass is 10.1. The fourth-order valence-corrected chi connectivity index (χ4v) is 4.51. The lowest BCUT2D eigenvalue weighted by Crippen LogP contribution is -2.69. The van der Waals surface area contributed by atoms with Crippen molar-refractivity contribution in [3.63, 3.8) is 0 Å². The van der Waals surface area contributed by atoms with E-state index in [1.807, 2.05) is 0 Å². The number of carboxylic acid groups (broad SMARTS) is 1. The van der Waals surface area contributed by atoms with Crippen molar-refractivity contribution < 1.29 is 24.3 Å². The quantitative estimate of drug-likeness (QED) is 0.258. The summed E-state index contributed by atoms with van der Waals surface area (Å²) in [5, 5.41) is 13.5. The predicted molar refractivity (Wildman–Crippen MR) is 107 cm³/mol. The van der Waals surface area contributed by atoms with Crippen molar-refractivity contribution >= 4 is 46.0 Å². The Morgan fingerprint density at radius 3 is 2.83 bits per heavy atom. The van der Waals surface area contributed by atoms with Crippen molar-refractivity contribution in [2.75, 3.05) is 18.0 Å². The minimum Gasteiger partial charge on any atom is -0.479 e. The first-order valence-corrected chi connectivity index (χ1v) is 10.6. The molecule has 13 heteroatoms. The van der Waals surface area contributed by atoms with Gasteiger partial charge in [0.15, 0.2) is 16.8 Å². The van der Waals surface area contributed by atoms with Gasteiger partial charge in [-0.05, 0) is 19.4 Å². The molecule has 1 aromatic heterocycles. The van der Waals surface area contributed by atoms with Gasteiger partial charge in [-0.3, -0.25) is 14.4 Å². The number of nitrogens with zero attached hydrogens (tertiary/aromatic N) is 2. The second-order valence-corrected chi connectivity index (χ2v) is 9.00. The van der Waals surface area contributed by atoms with Crippen LogP contribution in [0.25, 0.3) is 0 Å². The summed E-state index contributed by atoms with van der Waals surface area (Å²) in [6, 6.07) is -1.86. The number of carbonyl (C=O) groups excluding carboxylic acids is 2. The largest absolute Gasteiger partial charge is 0.479 e. The molecule has 1 saturated heterocycles. The fraction of sp³-hybridized carbons (Fsp3) is 0.500. The smallest absolute Gasteiger partial charge is 0.337 e. The zero-order chi connectivity index (χ0) is 21.3. The van der Waals surface area contributed by atoms with Crippen molar-refractivity contribution in [1.29, 1.82) is 0 Å². The first-order chi connectivity index (χ1) is 13.6. The molecule has 0 spiro atoms. The molecule has 2 aliphatic rings. The Morgan fingerprint density at radius 1 is 1.52 bits per heavy atom. The molecule has 0 saturated carbocycles. The average Bonchev–Trinajstić information content (AvgIpc) is 3.11. The van der Waals surface area contributed by atoms with Crippen LogP contribution in [0.2, 0.25) is 0 Å². The van der Waals surface area contributed by atoms with Crippen LogP contribution < -0.4 is 22.3 Å². The van der Waals surface area contributed by atoms with Gasteiger partial charge in [0.25, 0.3) is 5.91 Å². The van der Waals surface area contributed by atoms with Crippen LogP contribution in [0.1, 0.15) is 25.6 Å². The van der Waals surface area contributed by atoms with Gasteiger partial charge in [0.05, 0.1) is 5.69 Å². The van der Waals surface area contributed by atoms with Crippen LogP contribution in [0.5, 0.6) is 0 Å². The molecule has 0 aromatic carbocycles. The molecule has 3 heterocycles. The molecule has 158 valence electrons. The number of thioether (sulfide) groups is 1. The third kappa shape index (κ3) is 4.38. The van der Waals surface area contributed by atoms with Gasteiger partial charge in [0.1, 0.15) is 11.4 Å². The first-order valence-electron chi connectivity index (χ1n) is 8.65. The van der Waals surface area contributed by atoms with Crippen LogP contribution in [0, 0.1) is 0 Å². The number of nitrogen functional groups attached to an aromatic ring is 1. The highest BCUT2D eigenvalue weighted by Crippen LogP contribution is 2.36. The molecule has 3 rings (SSSR count). The number of rotatable bonds is 8. The number of hydrogen-bond acceptors (Lipinski definition) is 10. The molecule has 0 aliphatic carbocycles. The fourth-order valence-electron chi connectivity index (χ4n) is 2.64. The van der Waals surface area contributed by atoms with Crippen LogP contribution in [0.4, 0.5) is 5.13 Å². The summed E-state index contributed by atoms with van der Waals surface area (Å²) in [5.74, 6) is -1.36. The monoisotopic (exact) mass is 442 g/mol. The highest BCUT2D eigenvalue weighted by atomic mass is 32.2. The predicted octanol–water partition coefficient (Wildman–Crippen LogP) is -0.607. The minimum absolute atomic E-state index is 0.223. The maximum atomic E-state index is 12.9. The average molecular weight is 443 g/mol. The van der Waals surface area contributed by atoms with Crippen molar-refractivity contribution in [3.8, 4) is 0 Å². The van der Waals surface area contributed by atoms with Crippen molar-refractivity contribution in [2.24, 2.45) is 5.73 Å². The zero-order valence-electron chi connectivity index (χ0n) is 15.7. The van der Waals surface area contributed by atoms with Gasteiger partial charge in [-0.25, -0.2) is 9.78 Å². The van der Waals surface area contributed by atoms with E-state index in [-0.39, 0.29) is 22.1 Å². The molecule has 2 amide bonds. The second kappa shape index (κ2) is 8.28. The molecule has 3 atom stereocenters. The lowest BCUT2D eigenvalue weighted by Gasteiger charge is -2.47. The molecule has 0 radical (unpaired) electrons. The number of thiazole rings is 1. The van der Waals surface area contributed by atoms with Crippen molar-refractivity contribution in [2.45, 2.75) is 36.9 Å².